The zero-order valence-electron chi connectivity index (χ0n) is 12.8. The van der Waals surface area contributed by atoms with Gasteiger partial charge in [0.25, 0.3) is 0 Å². The van der Waals surface area contributed by atoms with E-state index >= 15 is 0 Å². The topological polar surface area (TPSA) is 105 Å². The third kappa shape index (κ3) is 7.42. The quantitative estimate of drug-likeness (QED) is 0.584. The van der Waals surface area contributed by atoms with E-state index in [4.69, 9.17) is 5.73 Å². The molecule has 0 aliphatic heterocycles. The number of likely N-dealkylation sites (N-methyl/N-ethyl adjacent to an activating group) is 1. The molecule has 0 aliphatic rings. The van der Waals surface area contributed by atoms with Gasteiger partial charge in [0, 0.05) is 31.7 Å². The van der Waals surface area contributed by atoms with Crippen LogP contribution >= 0.6 is 0 Å². The molecule has 118 valence electrons. The van der Waals surface area contributed by atoms with Gasteiger partial charge in [0.1, 0.15) is 6.54 Å². The van der Waals surface area contributed by atoms with Gasteiger partial charge in [-0.1, -0.05) is 0 Å². The summed E-state index contributed by atoms with van der Waals surface area (Å²) in [5, 5.41) is 9.51. The maximum atomic E-state index is 11.7. The number of amides is 2. The Hall–Kier alpha value is -1.93. The molecule has 1 atom stereocenters. The van der Waals surface area contributed by atoms with E-state index < -0.39 is 0 Å². The van der Waals surface area contributed by atoms with E-state index in [1.807, 2.05) is 19.0 Å². The Balaban J connectivity index is 2.37. The highest BCUT2D eigenvalue weighted by molar-refractivity contribution is 5.90. The molecule has 8 nitrogen and oxygen atoms in total. The van der Waals surface area contributed by atoms with Gasteiger partial charge in [0.15, 0.2) is 0 Å². The average Bonchev–Trinajstić information content (AvgIpc) is 2.74. The molecule has 1 unspecified atom stereocenters. The maximum absolute atomic E-state index is 11.7. The van der Waals surface area contributed by atoms with Crippen LogP contribution in [0.3, 0.4) is 0 Å². The van der Waals surface area contributed by atoms with Gasteiger partial charge in [-0.25, -0.2) is 0 Å². The molecule has 8 heteroatoms. The Morgan fingerprint density at radius 1 is 1.43 bits per heavy atom. The molecule has 0 saturated heterocycles. The van der Waals surface area contributed by atoms with Gasteiger partial charge in [0.2, 0.25) is 11.8 Å². The molecule has 1 heterocycles. The number of nitrogens with one attached hydrogen (secondary N) is 2. The summed E-state index contributed by atoms with van der Waals surface area (Å²) in [6.45, 7) is 3.26. The molecule has 21 heavy (non-hydrogen) atoms. The second-order valence-corrected chi connectivity index (χ2v) is 5.31. The van der Waals surface area contributed by atoms with E-state index in [0.29, 0.717) is 12.2 Å². The van der Waals surface area contributed by atoms with Crippen molar-refractivity contribution in [1.82, 2.24) is 20.0 Å². The lowest BCUT2D eigenvalue weighted by molar-refractivity contribution is -0.121. The highest BCUT2D eigenvalue weighted by Gasteiger charge is 2.08. The number of hydrogen-bond acceptors (Lipinski definition) is 5. The number of carbonyl (C=O) groups is 2. The maximum Gasteiger partial charge on any atom is 0.241 e. The minimum Gasteiger partial charge on any atom is -0.353 e. The molecule has 4 N–H and O–H groups in total. The number of nitrogens with two attached hydrogens (primary N) is 1. The van der Waals surface area contributed by atoms with Gasteiger partial charge in [-0.3, -0.25) is 14.3 Å². The van der Waals surface area contributed by atoms with Gasteiger partial charge in [-0.2, -0.15) is 5.10 Å². The second-order valence-electron chi connectivity index (χ2n) is 5.31. The molecule has 0 aromatic carbocycles. The molecule has 1 aromatic rings. The first-order chi connectivity index (χ1) is 9.86. The minimum atomic E-state index is -0.192. The summed E-state index contributed by atoms with van der Waals surface area (Å²) in [5.41, 5.74) is 6.10. The molecule has 1 aromatic heterocycles. The van der Waals surface area contributed by atoms with E-state index in [-0.39, 0.29) is 30.8 Å². The van der Waals surface area contributed by atoms with Crippen LogP contribution in [0.5, 0.6) is 0 Å². The molecular formula is C13H24N6O2. The predicted molar refractivity (Wildman–Crippen MR) is 80.7 cm³/mol. The van der Waals surface area contributed by atoms with Crippen LogP contribution in [0, 0.1) is 0 Å². The van der Waals surface area contributed by atoms with E-state index in [2.05, 4.69) is 15.7 Å². The van der Waals surface area contributed by atoms with Crippen LogP contribution in [0.2, 0.25) is 0 Å². The second kappa shape index (κ2) is 8.38. The lowest BCUT2D eigenvalue weighted by Gasteiger charge is -2.10. The molecular weight excluding hydrogens is 272 g/mol. The van der Waals surface area contributed by atoms with Gasteiger partial charge in [-0.15, -0.1) is 0 Å². The summed E-state index contributed by atoms with van der Waals surface area (Å²) < 4.78 is 1.48. The van der Waals surface area contributed by atoms with Gasteiger partial charge in [0.05, 0.1) is 11.9 Å². The number of aromatic nitrogens is 2. The van der Waals surface area contributed by atoms with E-state index in [1.54, 1.807) is 13.1 Å². The number of hydrogen-bond donors (Lipinski definition) is 3. The van der Waals surface area contributed by atoms with Crippen molar-refractivity contribution in [1.29, 1.82) is 0 Å². The van der Waals surface area contributed by atoms with E-state index in [9.17, 15) is 9.59 Å². The zero-order valence-corrected chi connectivity index (χ0v) is 12.8. The average molecular weight is 296 g/mol. The molecule has 2 amide bonds. The number of carbonyl (C=O) groups excluding carboxylic acids is 2. The molecule has 0 bridgehead atoms. The lowest BCUT2D eigenvalue weighted by Crippen LogP contribution is -2.33. The van der Waals surface area contributed by atoms with Crippen molar-refractivity contribution < 1.29 is 9.59 Å². The van der Waals surface area contributed by atoms with Gasteiger partial charge in [-0.05, 0) is 21.0 Å². The normalized spacial score (nSPS) is 12.2. The fourth-order valence-corrected chi connectivity index (χ4v) is 1.64. The smallest absolute Gasteiger partial charge is 0.241 e. The first-order valence-corrected chi connectivity index (χ1v) is 6.86. The number of nitrogens with zero attached hydrogens (tertiary/aromatic N) is 3. The van der Waals surface area contributed by atoms with Gasteiger partial charge >= 0.3 is 0 Å². The predicted octanol–water partition coefficient (Wildman–Crippen LogP) is -0.763. The highest BCUT2D eigenvalue weighted by Crippen LogP contribution is 2.05. The minimum absolute atomic E-state index is 0.117. The SMILES string of the molecule is CC(N)CC(=O)Nc1cnn(CC(=O)NCCN(C)C)c1. The number of anilines is 1. The standard InChI is InChI=1S/C13H24N6O2/c1-10(14)6-12(20)17-11-7-16-19(8-11)9-13(21)15-4-5-18(2)3/h7-8,10H,4-6,9,14H2,1-3H3,(H,15,21)(H,17,20). The van der Waals surface area contributed by atoms with Crippen molar-refractivity contribution in [2.24, 2.45) is 5.73 Å². The summed E-state index contributed by atoms with van der Waals surface area (Å²) in [5.74, 6) is -0.284. The Morgan fingerprint density at radius 3 is 2.76 bits per heavy atom. The summed E-state index contributed by atoms with van der Waals surface area (Å²) in [6.07, 6.45) is 3.37. The van der Waals surface area contributed by atoms with Crippen LogP contribution in [0.25, 0.3) is 0 Å². The summed E-state index contributed by atoms with van der Waals surface area (Å²) in [6, 6.07) is -0.192. The molecule has 0 aliphatic carbocycles. The Labute approximate surface area is 124 Å². The van der Waals surface area contributed by atoms with Crippen LogP contribution < -0.4 is 16.4 Å². The first-order valence-electron chi connectivity index (χ1n) is 6.86. The monoisotopic (exact) mass is 296 g/mol. The van der Waals surface area contributed by atoms with E-state index in [0.717, 1.165) is 6.54 Å². The van der Waals surface area contributed by atoms with Crippen molar-refractivity contribution in [2.45, 2.75) is 25.9 Å². The fraction of sp³-hybridized carbons (Fsp3) is 0.615. The zero-order chi connectivity index (χ0) is 15.8. The van der Waals surface area contributed by atoms with Crippen molar-refractivity contribution in [3.05, 3.63) is 12.4 Å². The van der Waals surface area contributed by atoms with Crippen LogP contribution in [-0.4, -0.2) is 59.7 Å². The molecule has 0 spiro atoms. The first kappa shape index (κ1) is 17.1. The third-order valence-electron chi connectivity index (χ3n) is 2.61. The van der Waals surface area contributed by atoms with Crippen LogP contribution in [0.1, 0.15) is 13.3 Å². The summed E-state index contributed by atoms with van der Waals surface area (Å²) in [4.78, 5) is 25.2. The fourth-order valence-electron chi connectivity index (χ4n) is 1.64. The highest BCUT2D eigenvalue weighted by atomic mass is 16.2. The number of rotatable bonds is 8. The molecule has 0 fully saturated rings. The van der Waals surface area contributed by atoms with Crippen LogP contribution in [0.15, 0.2) is 12.4 Å². The molecule has 0 saturated carbocycles. The van der Waals surface area contributed by atoms with Crippen molar-refractivity contribution in [3.63, 3.8) is 0 Å². The van der Waals surface area contributed by atoms with Crippen molar-refractivity contribution in [2.75, 3.05) is 32.5 Å². The Bertz CT molecular complexity index is 469. The van der Waals surface area contributed by atoms with Crippen LogP contribution in [0.4, 0.5) is 5.69 Å². The van der Waals surface area contributed by atoms with E-state index in [1.165, 1.54) is 10.9 Å². The lowest BCUT2D eigenvalue weighted by atomic mass is 10.2. The Morgan fingerprint density at radius 2 is 2.14 bits per heavy atom. The molecule has 0 radical (unpaired) electrons. The third-order valence-corrected chi connectivity index (χ3v) is 2.61. The van der Waals surface area contributed by atoms with Crippen molar-refractivity contribution >= 4 is 17.5 Å². The summed E-state index contributed by atoms with van der Waals surface area (Å²) in [7, 11) is 3.88. The van der Waals surface area contributed by atoms with Crippen molar-refractivity contribution in [3.8, 4) is 0 Å². The molecule has 1 rings (SSSR count). The summed E-state index contributed by atoms with van der Waals surface area (Å²) >= 11 is 0. The van der Waals surface area contributed by atoms with Crippen LogP contribution in [-0.2, 0) is 16.1 Å². The van der Waals surface area contributed by atoms with Gasteiger partial charge < -0.3 is 21.3 Å². The largest absolute Gasteiger partial charge is 0.353 e. The Kier molecular flexibility index (Phi) is 6.83.